The second-order valence-corrected chi connectivity index (χ2v) is 3.09. The van der Waals surface area contributed by atoms with Gasteiger partial charge in [-0.05, 0) is 30.3 Å². The summed E-state index contributed by atoms with van der Waals surface area (Å²) in [4.78, 5) is 3.67. The maximum atomic E-state index is 9.06. The van der Waals surface area contributed by atoms with Crippen molar-refractivity contribution < 1.29 is 10.2 Å². The van der Waals surface area contributed by atoms with Crippen LogP contribution in [0, 0.1) is 0 Å². The van der Waals surface area contributed by atoms with E-state index in [1.165, 1.54) is 24.4 Å². The van der Waals surface area contributed by atoms with Crippen LogP contribution >= 0.6 is 0 Å². The van der Waals surface area contributed by atoms with Gasteiger partial charge in [-0.3, -0.25) is 0 Å². The third-order valence-corrected chi connectivity index (χ3v) is 1.86. The van der Waals surface area contributed by atoms with Gasteiger partial charge in [-0.15, -0.1) is 5.11 Å². The minimum Gasteiger partial charge on any atom is -0.508 e. The second-order valence-electron chi connectivity index (χ2n) is 3.09. The molecule has 0 amide bonds. The molecule has 2 N–H and O–H groups in total. The summed E-state index contributed by atoms with van der Waals surface area (Å²) in [5, 5.41) is 25.9. The van der Waals surface area contributed by atoms with Crippen LogP contribution in [0.25, 0.3) is 0 Å². The Balaban J connectivity index is 2.15. The molecule has 16 heavy (non-hydrogen) atoms. The fraction of sp³-hybridized carbons (Fsp3) is 0. The van der Waals surface area contributed by atoms with Crippen LogP contribution in [0.5, 0.6) is 11.6 Å². The molecule has 0 unspecified atom stereocenters. The zero-order valence-electron chi connectivity index (χ0n) is 8.28. The number of azo groups is 1. The number of aromatic hydroxyl groups is 2. The van der Waals surface area contributed by atoms with E-state index in [-0.39, 0.29) is 11.6 Å². The predicted octanol–water partition coefficient (Wildman–Crippen LogP) is 2.91. The molecule has 5 nitrogen and oxygen atoms in total. The highest BCUT2D eigenvalue weighted by atomic mass is 16.3. The summed E-state index contributed by atoms with van der Waals surface area (Å²) in [6.45, 7) is 0. The fourth-order valence-electron chi connectivity index (χ4n) is 1.07. The SMILES string of the molecule is Oc1ccc(/N=N/c2ccc(O)nc2)cc1. The van der Waals surface area contributed by atoms with Crippen molar-refractivity contribution in [2.75, 3.05) is 0 Å². The lowest BCUT2D eigenvalue weighted by atomic mass is 10.3. The molecule has 0 saturated heterocycles. The maximum absolute atomic E-state index is 9.06. The van der Waals surface area contributed by atoms with Crippen LogP contribution in [0.4, 0.5) is 11.4 Å². The number of hydrogen-bond donors (Lipinski definition) is 2. The van der Waals surface area contributed by atoms with Gasteiger partial charge < -0.3 is 10.2 Å². The highest BCUT2D eigenvalue weighted by Gasteiger charge is 1.92. The normalized spacial score (nSPS) is 10.8. The van der Waals surface area contributed by atoms with Crippen molar-refractivity contribution in [3.8, 4) is 11.6 Å². The number of phenolic OH excluding ortho intramolecular Hbond substituents is 1. The average molecular weight is 215 g/mol. The molecule has 0 atom stereocenters. The summed E-state index contributed by atoms with van der Waals surface area (Å²) in [5.41, 5.74) is 1.18. The van der Waals surface area contributed by atoms with Crippen LogP contribution in [0.1, 0.15) is 0 Å². The second kappa shape index (κ2) is 4.39. The molecule has 2 aromatic rings. The van der Waals surface area contributed by atoms with Gasteiger partial charge in [-0.25, -0.2) is 4.98 Å². The smallest absolute Gasteiger partial charge is 0.210 e. The largest absolute Gasteiger partial charge is 0.508 e. The van der Waals surface area contributed by atoms with Crippen LogP contribution in [0.2, 0.25) is 0 Å². The molecule has 0 saturated carbocycles. The van der Waals surface area contributed by atoms with Crippen molar-refractivity contribution in [1.82, 2.24) is 4.98 Å². The summed E-state index contributed by atoms with van der Waals surface area (Å²) in [6, 6.07) is 9.39. The van der Waals surface area contributed by atoms with Crippen molar-refractivity contribution in [3.63, 3.8) is 0 Å². The minimum absolute atomic E-state index is 0.0522. The molecule has 0 bridgehead atoms. The van der Waals surface area contributed by atoms with Crippen molar-refractivity contribution in [1.29, 1.82) is 0 Å². The van der Waals surface area contributed by atoms with Crippen molar-refractivity contribution in [3.05, 3.63) is 42.6 Å². The van der Waals surface area contributed by atoms with Crippen LogP contribution in [0.3, 0.4) is 0 Å². The van der Waals surface area contributed by atoms with Gasteiger partial charge in [-0.2, -0.15) is 5.11 Å². The summed E-state index contributed by atoms with van der Waals surface area (Å²) in [5.74, 6) is 0.133. The number of phenols is 1. The van der Waals surface area contributed by atoms with E-state index in [4.69, 9.17) is 10.2 Å². The van der Waals surface area contributed by atoms with E-state index >= 15 is 0 Å². The van der Waals surface area contributed by atoms with E-state index in [0.29, 0.717) is 11.4 Å². The molecular formula is C11H9N3O2. The van der Waals surface area contributed by atoms with E-state index in [2.05, 4.69) is 15.2 Å². The molecule has 0 fully saturated rings. The number of pyridine rings is 1. The van der Waals surface area contributed by atoms with Gasteiger partial charge >= 0.3 is 0 Å². The maximum Gasteiger partial charge on any atom is 0.210 e. The predicted molar refractivity (Wildman–Crippen MR) is 58.2 cm³/mol. The number of nitrogens with zero attached hydrogens (tertiary/aromatic N) is 3. The third kappa shape index (κ3) is 2.54. The fourth-order valence-corrected chi connectivity index (χ4v) is 1.07. The van der Waals surface area contributed by atoms with E-state index in [9.17, 15) is 0 Å². The Bertz CT molecular complexity index is 444. The summed E-state index contributed by atoms with van der Waals surface area (Å²) >= 11 is 0. The molecule has 1 aromatic heterocycles. The Morgan fingerprint density at radius 3 is 2.06 bits per heavy atom. The first kappa shape index (κ1) is 10.1. The minimum atomic E-state index is -0.0522. The van der Waals surface area contributed by atoms with Crippen LogP contribution in [-0.2, 0) is 0 Å². The van der Waals surface area contributed by atoms with Gasteiger partial charge in [0.25, 0.3) is 0 Å². The first-order valence-corrected chi connectivity index (χ1v) is 4.60. The molecule has 0 aliphatic carbocycles. The number of rotatable bonds is 2. The van der Waals surface area contributed by atoms with Gasteiger partial charge in [0, 0.05) is 6.07 Å². The first-order valence-electron chi connectivity index (χ1n) is 4.60. The quantitative estimate of drug-likeness (QED) is 0.756. The molecule has 0 aliphatic heterocycles. The lowest BCUT2D eigenvalue weighted by Crippen LogP contribution is -1.71. The summed E-state index contributed by atoms with van der Waals surface area (Å²) < 4.78 is 0. The van der Waals surface area contributed by atoms with Crippen molar-refractivity contribution >= 4 is 11.4 Å². The van der Waals surface area contributed by atoms with E-state index < -0.39 is 0 Å². The molecule has 5 heteroatoms. The van der Waals surface area contributed by atoms with Crippen LogP contribution < -0.4 is 0 Å². The van der Waals surface area contributed by atoms with Crippen molar-refractivity contribution in [2.24, 2.45) is 10.2 Å². The average Bonchev–Trinajstić information content (AvgIpc) is 2.30. The molecule has 1 heterocycles. The molecule has 0 radical (unpaired) electrons. The Hall–Kier alpha value is -2.43. The van der Waals surface area contributed by atoms with Crippen molar-refractivity contribution in [2.45, 2.75) is 0 Å². The molecule has 0 aliphatic rings. The number of hydrogen-bond acceptors (Lipinski definition) is 5. The lowest BCUT2D eigenvalue weighted by molar-refractivity contribution is 0.453. The standard InChI is InChI=1S/C11H9N3O2/c15-10-4-1-8(2-5-10)13-14-9-3-6-11(16)12-7-9/h1-7,15H,(H,12,16)/b14-13+. The number of aromatic nitrogens is 1. The highest BCUT2D eigenvalue weighted by Crippen LogP contribution is 2.20. The lowest BCUT2D eigenvalue weighted by Gasteiger charge is -1.94. The molecule has 80 valence electrons. The topological polar surface area (TPSA) is 78.1 Å². The van der Waals surface area contributed by atoms with Gasteiger partial charge in [0.05, 0.1) is 11.9 Å². The Morgan fingerprint density at radius 1 is 0.812 bits per heavy atom. The first-order chi connectivity index (χ1) is 7.74. The zero-order valence-corrected chi connectivity index (χ0v) is 8.28. The van der Waals surface area contributed by atoms with Crippen LogP contribution in [0.15, 0.2) is 52.8 Å². The Morgan fingerprint density at radius 2 is 1.44 bits per heavy atom. The monoisotopic (exact) mass is 215 g/mol. The van der Waals surface area contributed by atoms with Gasteiger partial charge in [0.15, 0.2) is 0 Å². The summed E-state index contributed by atoms with van der Waals surface area (Å²) in [7, 11) is 0. The zero-order chi connectivity index (χ0) is 11.4. The third-order valence-electron chi connectivity index (χ3n) is 1.86. The van der Waals surface area contributed by atoms with Crippen LogP contribution in [-0.4, -0.2) is 15.2 Å². The Labute approximate surface area is 91.7 Å². The van der Waals surface area contributed by atoms with Gasteiger partial charge in [0.1, 0.15) is 11.4 Å². The van der Waals surface area contributed by atoms with Gasteiger partial charge in [-0.1, -0.05) is 0 Å². The van der Waals surface area contributed by atoms with Gasteiger partial charge in [0.2, 0.25) is 5.88 Å². The van der Waals surface area contributed by atoms with E-state index in [1.807, 2.05) is 0 Å². The molecule has 1 aromatic carbocycles. The van der Waals surface area contributed by atoms with E-state index in [0.717, 1.165) is 0 Å². The molecule has 2 rings (SSSR count). The Kier molecular flexibility index (Phi) is 2.77. The summed E-state index contributed by atoms with van der Waals surface area (Å²) in [6.07, 6.45) is 1.42. The highest BCUT2D eigenvalue weighted by molar-refractivity contribution is 5.41. The number of benzene rings is 1. The van der Waals surface area contributed by atoms with E-state index in [1.54, 1.807) is 18.2 Å². The molecular weight excluding hydrogens is 206 g/mol. The molecule has 0 spiro atoms.